The summed E-state index contributed by atoms with van der Waals surface area (Å²) in [5, 5.41) is 3.55. The first-order valence-electron chi connectivity index (χ1n) is 8.83. The number of nitrogens with zero attached hydrogens (tertiary/aromatic N) is 1. The normalized spacial score (nSPS) is 17.0. The van der Waals surface area contributed by atoms with Crippen LogP contribution in [0.25, 0.3) is 0 Å². The Morgan fingerprint density at radius 2 is 2.04 bits per heavy atom. The zero-order valence-electron chi connectivity index (χ0n) is 15.4. The van der Waals surface area contributed by atoms with Gasteiger partial charge in [0, 0.05) is 4.88 Å². The standard InChI is InChI=1S/C20H26N2O2S/c1-13-5-10-16-17(11-13)25-19(21-16)22-18(23)12-24-15-8-6-14(7-9-15)20(2,3)4/h6-9,13H,5,10-12H2,1-4H3,(H,21,22,23)/t13-/m0/s1. The number of rotatable bonds is 4. The fourth-order valence-corrected chi connectivity index (χ4v) is 4.14. The largest absolute Gasteiger partial charge is 0.484 e. The van der Waals surface area contributed by atoms with Crippen LogP contribution in [0.3, 0.4) is 0 Å². The van der Waals surface area contributed by atoms with Crippen molar-refractivity contribution in [1.82, 2.24) is 4.98 Å². The van der Waals surface area contributed by atoms with Crippen molar-refractivity contribution < 1.29 is 9.53 Å². The van der Waals surface area contributed by atoms with Crippen molar-refractivity contribution in [3.05, 3.63) is 40.4 Å². The fraction of sp³-hybridized carbons (Fsp3) is 0.500. The minimum atomic E-state index is -0.168. The number of ether oxygens (including phenoxy) is 1. The molecular weight excluding hydrogens is 332 g/mol. The number of aryl methyl sites for hydroxylation is 1. The van der Waals surface area contributed by atoms with Crippen LogP contribution < -0.4 is 10.1 Å². The van der Waals surface area contributed by atoms with Crippen LogP contribution in [0.1, 0.15) is 50.3 Å². The van der Waals surface area contributed by atoms with Gasteiger partial charge in [-0.1, -0.05) is 39.8 Å². The first kappa shape index (κ1) is 17.9. The highest BCUT2D eigenvalue weighted by Crippen LogP contribution is 2.32. The Bertz CT molecular complexity index is 744. The maximum absolute atomic E-state index is 12.1. The lowest BCUT2D eigenvalue weighted by atomic mass is 9.87. The average Bonchev–Trinajstić information content (AvgIpc) is 2.93. The van der Waals surface area contributed by atoms with E-state index in [2.05, 4.69) is 38.0 Å². The van der Waals surface area contributed by atoms with Gasteiger partial charge in [0.2, 0.25) is 0 Å². The van der Waals surface area contributed by atoms with Crippen LogP contribution in [0.15, 0.2) is 24.3 Å². The summed E-state index contributed by atoms with van der Waals surface area (Å²) in [6, 6.07) is 7.92. The molecule has 0 unspecified atom stereocenters. The van der Waals surface area contributed by atoms with E-state index in [1.54, 1.807) is 11.3 Å². The summed E-state index contributed by atoms with van der Waals surface area (Å²) in [6.07, 6.45) is 3.26. The van der Waals surface area contributed by atoms with Crippen LogP contribution in [0.2, 0.25) is 0 Å². The smallest absolute Gasteiger partial charge is 0.264 e. The van der Waals surface area contributed by atoms with Crippen molar-refractivity contribution >= 4 is 22.4 Å². The van der Waals surface area contributed by atoms with E-state index in [9.17, 15) is 4.79 Å². The second-order valence-corrected chi connectivity index (χ2v) is 8.93. The van der Waals surface area contributed by atoms with Crippen LogP contribution in [-0.4, -0.2) is 17.5 Å². The van der Waals surface area contributed by atoms with E-state index >= 15 is 0 Å². The molecule has 1 aromatic carbocycles. The monoisotopic (exact) mass is 358 g/mol. The van der Waals surface area contributed by atoms with E-state index in [4.69, 9.17) is 4.74 Å². The summed E-state index contributed by atoms with van der Waals surface area (Å²) in [5.74, 6) is 1.24. The molecular formula is C20H26N2O2S. The van der Waals surface area contributed by atoms with Gasteiger partial charge in [-0.15, -0.1) is 11.3 Å². The maximum Gasteiger partial charge on any atom is 0.264 e. The lowest BCUT2D eigenvalue weighted by Gasteiger charge is -2.19. The van der Waals surface area contributed by atoms with Crippen molar-refractivity contribution in [3.63, 3.8) is 0 Å². The molecule has 1 N–H and O–H groups in total. The lowest BCUT2D eigenvalue weighted by Crippen LogP contribution is -2.20. The molecule has 25 heavy (non-hydrogen) atoms. The number of hydrogen-bond donors (Lipinski definition) is 1. The molecule has 5 heteroatoms. The second-order valence-electron chi connectivity index (χ2n) is 7.85. The highest BCUT2D eigenvalue weighted by molar-refractivity contribution is 7.15. The maximum atomic E-state index is 12.1. The van der Waals surface area contributed by atoms with Crippen molar-refractivity contribution in [1.29, 1.82) is 0 Å². The third-order valence-corrected chi connectivity index (χ3v) is 5.56. The van der Waals surface area contributed by atoms with Crippen molar-refractivity contribution in [2.24, 2.45) is 5.92 Å². The number of benzene rings is 1. The second kappa shape index (κ2) is 7.16. The number of aromatic nitrogens is 1. The van der Waals surface area contributed by atoms with Gasteiger partial charge in [-0.25, -0.2) is 4.98 Å². The van der Waals surface area contributed by atoms with Gasteiger partial charge in [-0.2, -0.15) is 0 Å². The molecule has 1 aliphatic carbocycles. The quantitative estimate of drug-likeness (QED) is 0.870. The molecule has 1 atom stereocenters. The van der Waals surface area contributed by atoms with Crippen LogP contribution in [0.4, 0.5) is 5.13 Å². The Kier molecular flexibility index (Phi) is 5.13. The Labute approximate surface area is 153 Å². The fourth-order valence-electron chi connectivity index (χ4n) is 2.95. The zero-order chi connectivity index (χ0) is 18.0. The van der Waals surface area contributed by atoms with Crippen molar-refractivity contribution in [3.8, 4) is 5.75 Å². The van der Waals surface area contributed by atoms with Gasteiger partial charge in [0.25, 0.3) is 5.91 Å². The molecule has 1 aliphatic rings. The summed E-state index contributed by atoms with van der Waals surface area (Å²) in [4.78, 5) is 18.0. The summed E-state index contributed by atoms with van der Waals surface area (Å²) >= 11 is 1.60. The number of fused-ring (bicyclic) bond motifs is 1. The van der Waals surface area contributed by atoms with Gasteiger partial charge in [-0.3, -0.25) is 10.1 Å². The van der Waals surface area contributed by atoms with Gasteiger partial charge in [0.05, 0.1) is 5.69 Å². The summed E-state index contributed by atoms with van der Waals surface area (Å²) in [7, 11) is 0. The van der Waals surface area contributed by atoms with Crippen molar-refractivity contribution in [2.75, 3.05) is 11.9 Å². The van der Waals surface area contributed by atoms with E-state index in [1.165, 1.54) is 16.9 Å². The molecule has 4 nitrogen and oxygen atoms in total. The summed E-state index contributed by atoms with van der Waals surface area (Å²) in [5.41, 5.74) is 2.50. The molecule has 0 saturated carbocycles. The van der Waals surface area contributed by atoms with Crippen molar-refractivity contribution in [2.45, 2.75) is 52.4 Å². The van der Waals surface area contributed by atoms with E-state index in [0.717, 1.165) is 18.5 Å². The van der Waals surface area contributed by atoms with E-state index in [-0.39, 0.29) is 17.9 Å². The molecule has 0 radical (unpaired) electrons. The topological polar surface area (TPSA) is 51.2 Å². The SMILES string of the molecule is C[C@H]1CCc2nc(NC(=O)COc3ccc(C(C)(C)C)cc3)sc2C1. The first-order chi connectivity index (χ1) is 11.8. The highest BCUT2D eigenvalue weighted by Gasteiger charge is 2.20. The molecule has 0 fully saturated rings. The number of carbonyl (C=O) groups excluding carboxylic acids is 1. The molecule has 1 amide bonds. The number of anilines is 1. The Morgan fingerprint density at radius 1 is 1.32 bits per heavy atom. The molecule has 0 spiro atoms. The molecule has 0 saturated heterocycles. The van der Waals surface area contributed by atoms with Gasteiger partial charge < -0.3 is 4.74 Å². The highest BCUT2D eigenvalue weighted by atomic mass is 32.1. The summed E-state index contributed by atoms with van der Waals surface area (Å²) in [6.45, 7) is 8.77. The minimum absolute atomic E-state index is 0.00445. The zero-order valence-corrected chi connectivity index (χ0v) is 16.2. The van der Waals surface area contributed by atoms with E-state index < -0.39 is 0 Å². The third-order valence-electron chi connectivity index (χ3n) is 4.52. The number of carbonyl (C=O) groups is 1. The van der Waals surface area contributed by atoms with Gasteiger partial charge in [-0.05, 0) is 48.3 Å². The van der Waals surface area contributed by atoms with E-state index in [1.807, 2.05) is 24.3 Å². The van der Waals surface area contributed by atoms with Crippen LogP contribution in [0.5, 0.6) is 5.75 Å². The Morgan fingerprint density at radius 3 is 2.72 bits per heavy atom. The van der Waals surface area contributed by atoms with E-state index in [0.29, 0.717) is 16.8 Å². The van der Waals surface area contributed by atoms with Gasteiger partial charge in [0.15, 0.2) is 11.7 Å². The predicted octanol–water partition coefficient (Wildman–Crippen LogP) is 4.58. The molecule has 1 aromatic heterocycles. The van der Waals surface area contributed by atoms with Crippen LogP contribution >= 0.6 is 11.3 Å². The number of thiazole rings is 1. The molecule has 134 valence electrons. The van der Waals surface area contributed by atoms with Gasteiger partial charge in [0.1, 0.15) is 5.75 Å². The molecule has 3 rings (SSSR count). The average molecular weight is 359 g/mol. The lowest BCUT2D eigenvalue weighted by molar-refractivity contribution is -0.118. The summed E-state index contributed by atoms with van der Waals surface area (Å²) < 4.78 is 5.59. The molecule has 0 aliphatic heterocycles. The number of amides is 1. The third kappa shape index (κ3) is 4.60. The minimum Gasteiger partial charge on any atom is -0.484 e. The van der Waals surface area contributed by atoms with Crippen LogP contribution in [0, 0.1) is 5.92 Å². The van der Waals surface area contributed by atoms with Crippen LogP contribution in [-0.2, 0) is 23.1 Å². The predicted molar refractivity (Wildman–Crippen MR) is 103 cm³/mol. The molecule has 2 aromatic rings. The molecule has 1 heterocycles. The first-order valence-corrected chi connectivity index (χ1v) is 9.64. The Balaban J connectivity index is 1.53. The number of hydrogen-bond acceptors (Lipinski definition) is 4. The molecule has 0 bridgehead atoms. The number of nitrogens with one attached hydrogen (secondary N) is 1. The Hall–Kier alpha value is -1.88. The van der Waals surface area contributed by atoms with Gasteiger partial charge >= 0.3 is 0 Å².